The van der Waals surface area contributed by atoms with Gasteiger partial charge < -0.3 is 0 Å². The number of rotatable bonds is 4. The Labute approximate surface area is 199 Å². The van der Waals surface area contributed by atoms with Crippen LogP contribution in [0.4, 0.5) is 14.9 Å². The second kappa shape index (κ2) is 9.17. The van der Waals surface area contributed by atoms with E-state index in [1.54, 1.807) is 55.5 Å². The fourth-order valence-electron chi connectivity index (χ4n) is 3.54. The number of barbiturate groups is 1. The lowest BCUT2D eigenvalue weighted by molar-refractivity contribution is -0.122. The van der Waals surface area contributed by atoms with Crippen molar-refractivity contribution in [2.75, 3.05) is 4.90 Å². The van der Waals surface area contributed by atoms with Crippen molar-refractivity contribution in [3.63, 3.8) is 0 Å². The van der Waals surface area contributed by atoms with Crippen LogP contribution in [0, 0.1) is 12.7 Å². The smallest absolute Gasteiger partial charge is 0.273 e. The Balaban J connectivity index is 1.65. The normalized spacial score (nSPS) is 15.2. The zero-order valence-electron chi connectivity index (χ0n) is 17.4. The lowest BCUT2D eigenvalue weighted by Crippen LogP contribution is -2.54. The van der Waals surface area contributed by atoms with Gasteiger partial charge in [0, 0.05) is 10.0 Å². The monoisotopic (exact) mass is 482 g/mol. The van der Waals surface area contributed by atoms with Gasteiger partial charge in [-0.3, -0.25) is 14.9 Å². The van der Waals surface area contributed by atoms with Crippen molar-refractivity contribution in [3.05, 3.63) is 104 Å². The Bertz CT molecular complexity index is 1340. The molecule has 1 aliphatic rings. The van der Waals surface area contributed by atoms with Crippen molar-refractivity contribution in [2.24, 2.45) is 0 Å². The van der Waals surface area contributed by atoms with Gasteiger partial charge in [0.1, 0.15) is 11.4 Å². The highest BCUT2D eigenvalue weighted by Crippen LogP contribution is 2.30. The summed E-state index contributed by atoms with van der Waals surface area (Å²) in [4.78, 5) is 38.8. The first-order valence-corrected chi connectivity index (χ1v) is 10.7. The summed E-state index contributed by atoms with van der Waals surface area (Å²) in [7, 11) is 0. The second-order valence-corrected chi connectivity index (χ2v) is 8.31. The van der Waals surface area contributed by atoms with Gasteiger partial charge in [0.15, 0.2) is 0 Å². The molecule has 3 aromatic rings. The minimum absolute atomic E-state index is 0.220. The van der Waals surface area contributed by atoms with Crippen LogP contribution in [0.1, 0.15) is 22.3 Å². The quantitative estimate of drug-likeness (QED) is 0.383. The lowest BCUT2D eigenvalue weighted by Gasteiger charge is -2.27. The molecule has 1 saturated heterocycles. The van der Waals surface area contributed by atoms with Crippen molar-refractivity contribution in [3.8, 4) is 0 Å². The number of amides is 4. The van der Waals surface area contributed by atoms with Crippen LogP contribution in [0.2, 0.25) is 10.0 Å². The average molecular weight is 483 g/mol. The Hall–Kier alpha value is -3.48. The fourth-order valence-corrected chi connectivity index (χ4v) is 3.97. The molecule has 0 aromatic heterocycles. The molecule has 3 aromatic carbocycles. The van der Waals surface area contributed by atoms with Gasteiger partial charge in [0.2, 0.25) is 0 Å². The van der Waals surface area contributed by atoms with Gasteiger partial charge in [-0.2, -0.15) is 0 Å². The summed E-state index contributed by atoms with van der Waals surface area (Å²) < 4.78 is 13.5. The topological polar surface area (TPSA) is 66.5 Å². The predicted molar refractivity (Wildman–Crippen MR) is 126 cm³/mol. The van der Waals surface area contributed by atoms with E-state index >= 15 is 0 Å². The van der Waals surface area contributed by atoms with Gasteiger partial charge >= 0.3 is 6.03 Å². The molecule has 0 radical (unpaired) electrons. The molecule has 1 fully saturated rings. The number of nitrogens with one attached hydrogen (secondary N) is 1. The second-order valence-electron chi connectivity index (χ2n) is 7.50. The first-order chi connectivity index (χ1) is 15.7. The van der Waals surface area contributed by atoms with E-state index in [4.69, 9.17) is 23.2 Å². The highest BCUT2D eigenvalue weighted by Gasteiger charge is 2.37. The zero-order chi connectivity index (χ0) is 23.7. The van der Waals surface area contributed by atoms with E-state index in [9.17, 15) is 18.8 Å². The molecular formula is C25H17Cl2FN2O3. The average Bonchev–Trinajstić information content (AvgIpc) is 2.76. The van der Waals surface area contributed by atoms with E-state index in [0.29, 0.717) is 27.6 Å². The maximum absolute atomic E-state index is 13.5. The Morgan fingerprint density at radius 3 is 2.45 bits per heavy atom. The third kappa shape index (κ3) is 4.67. The molecule has 0 aliphatic carbocycles. The van der Waals surface area contributed by atoms with Crippen molar-refractivity contribution < 1.29 is 18.8 Å². The van der Waals surface area contributed by atoms with Crippen LogP contribution in [0.25, 0.3) is 6.08 Å². The van der Waals surface area contributed by atoms with Gasteiger partial charge in [0.25, 0.3) is 11.8 Å². The molecule has 1 heterocycles. The molecule has 8 heteroatoms. The van der Waals surface area contributed by atoms with Crippen LogP contribution in [0.5, 0.6) is 0 Å². The number of anilines is 1. The summed E-state index contributed by atoms with van der Waals surface area (Å²) in [6.45, 7) is 1.68. The molecule has 5 nitrogen and oxygen atoms in total. The van der Waals surface area contributed by atoms with E-state index in [-0.39, 0.29) is 17.1 Å². The number of urea groups is 1. The molecule has 4 rings (SSSR count). The van der Waals surface area contributed by atoms with Gasteiger partial charge in [-0.1, -0.05) is 53.5 Å². The minimum Gasteiger partial charge on any atom is -0.273 e. The standard InChI is InChI=1S/C25H17Cl2FN2O3/c1-14-20(26)6-3-7-22(14)30-24(32)19(23(31)29-25(30)33)12-16-8-9-17(21(27)13-16)10-15-4-2-5-18(28)11-15/h2-9,11-13H,10H2,1H3,(H,29,31,33)/b19-12+. The number of halogens is 3. The van der Waals surface area contributed by atoms with E-state index in [2.05, 4.69) is 5.32 Å². The van der Waals surface area contributed by atoms with E-state index in [1.807, 2.05) is 0 Å². The third-order valence-corrected chi connectivity index (χ3v) is 6.01. The Morgan fingerprint density at radius 1 is 0.970 bits per heavy atom. The molecule has 0 unspecified atom stereocenters. The number of imide groups is 2. The number of carbonyl (C=O) groups excluding carboxylic acids is 3. The van der Waals surface area contributed by atoms with Crippen LogP contribution < -0.4 is 10.2 Å². The number of hydrogen-bond acceptors (Lipinski definition) is 3. The van der Waals surface area contributed by atoms with Crippen molar-refractivity contribution in [1.29, 1.82) is 0 Å². The molecule has 33 heavy (non-hydrogen) atoms. The summed E-state index contributed by atoms with van der Waals surface area (Å²) in [6, 6.07) is 15.2. The number of hydrogen-bond donors (Lipinski definition) is 1. The Morgan fingerprint density at radius 2 is 1.73 bits per heavy atom. The maximum Gasteiger partial charge on any atom is 0.335 e. The molecule has 1 N–H and O–H groups in total. The van der Waals surface area contributed by atoms with Crippen LogP contribution >= 0.6 is 23.2 Å². The summed E-state index contributed by atoms with van der Waals surface area (Å²) in [5.41, 5.74) is 2.61. The van der Waals surface area contributed by atoms with Gasteiger partial charge in [-0.15, -0.1) is 0 Å². The predicted octanol–water partition coefficient (Wildman–Crippen LogP) is 5.70. The highest BCUT2D eigenvalue weighted by molar-refractivity contribution is 6.40. The van der Waals surface area contributed by atoms with E-state index < -0.39 is 17.8 Å². The van der Waals surface area contributed by atoms with E-state index in [1.165, 1.54) is 18.2 Å². The Kier molecular flexibility index (Phi) is 6.31. The molecule has 0 bridgehead atoms. The van der Waals surface area contributed by atoms with Crippen molar-refractivity contribution in [2.45, 2.75) is 13.3 Å². The first-order valence-electron chi connectivity index (χ1n) is 9.94. The van der Waals surface area contributed by atoms with Crippen LogP contribution in [0.3, 0.4) is 0 Å². The van der Waals surface area contributed by atoms with Gasteiger partial charge in [-0.25, -0.2) is 14.1 Å². The van der Waals surface area contributed by atoms with Crippen molar-refractivity contribution >= 4 is 52.8 Å². The summed E-state index contributed by atoms with van der Waals surface area (Å²) in [5, 5.41) is 2.97. The molecule has 0 spiro atoms. The number of carbonyl (C=O) groups is 3. The largest absolute Gasteiger partial charge is 0.335 e. The molecular weight excluding hydrogens is 466 g/mol. The van der Waals surface area contributed by atoms with Gasteiger partial charge in [-0.05, 0) is 72.0 Å². The maximum atomic E-state index is 13.5. The SMILES string of the molecule is Cc1c(Cl)cccc1N1C(=O)NC(=O)/C(=C\c2ccc(Cc3cccc(F)c3)c(Cl)c2)C1=O. The van der Waals surface area contributed by atoms with Crippen LogP contribution in [-0.4, -0.2) is 17.8 Å². The molecule has 4 amide bonds. The minimum atomic E-state index is -0.851. The van der Waals surface area contributed by atoms with Crippen LogP contribution in [0.15, 0.2) is 66.2 Å². The lowest BCUT2D eigenvalue weighted by atomic mass is 10.0. The molecule has 1 aliphatic heterocycles. The molecule has 166 valence electrons. The molecule has 0 saturated carbocycles. The van der Waals surface area contributed by atoms with E-state index in [0.717, 1.165) is 16.0 Å². The number of nitrogens with zero attached hydrogens (tertiary/aromatic N) is 1. The van der Waals surface area contributed by atoms with Gasteiger partial charge in [0.05, 0.1) is 5.69 Å². The zero-order valence-corrected chi connectivity index (χ0v) is 18.9. The number of benzene rings is 3. The summed E-state index contributed by atoms with van der Waals surface area (Å²) >= 11 is 12.5. The molecule has 0 atom stereocenters. The third-order valence-electron chi connectivity index (χ3n) is 5.25. The first kappa shape index (κ1) is 22.7. The van der Waals surface area contributed by atoms with Crippen LogP contribution in [-0.2, 0) is 16.0 Å². The van der Waals surface area contributed by atoms with Crippen molar-refractivity contribution in [1.82, 2.24) is 5.32 Å². The fraction of sp³-hybridized carbons (Fsp3) is 0.0800. The summed E-state index contributed by atoms with van der Waals surface area (Å²) in [5.74, 6) is -1.91. The highest BCUT2D eigenvalue weighted by atomic mass is 35.5. The summed E-state index contributed by atoms with van der Waals surface area (Å²) in [6.07, 6.45) is 1.79.